The molecule has 3 nitrogen and oxygen atoms in total. The van der Waals surface area contributed by atoms with Crippen LogP contribution in [0.25, 0.3) is 0 Å². The lowest BCUT2D eigenvalue weighted by Gasteiger charge is -2.22. The molecular weight excluding hydrogens is 267 g/mol. The summed E-state index contributed by atoms with van der Waals surface area (Å²) in [5.41, 5.74) is 1.13. The van der Waals surface area contributed by atoms with E-state index in [0.29, 0.717) is 11.8 Å². The maximum absolute atomic E-state index is 12.9. The summed E-state index contributed by atoms with van der Waals surface area (Å²) in [5.74, 6) is 1.03. The van der Waals surface area contributed by atoms with Crippen LogP contribution in [0.1, 0.15) is 25.3 Å². The Balaban J connectivity index is 1.53. The number of carbonyl (C=O) groups excluding carboxylic acids is 1. The van der Waals surface area contributed by atoms with E-state index in [2.05, 4.69) is 11.8 Å². The lowest BCUT2D eigenvalue weighted by atomic mass is 10.2. The second-order valence-corrected chi connectivity index (χ2v) is 6.40. The standard InChI is InChI=1S/C17H23FN2O/c1-13-11-16(13)17(21)20-8-2-7-19(9-10-20)12-14-3-5-15(18)6-4-14/h3-6,13,16H,2,7-12H2,1H3. The smallest absolute Gasteiger partial charge is 0.226 e. The zero-order chi connectivity index (χ0) is 14.8. The van der Waals surface area contributed by atoms with Gasteiger partial charge in [0.1, 0.15) is 5.82 Å². The molecule has 0 aromatic heterocycles. The summed E-state index contributed by atoms with van der Waals surface area (Å²) in [7, 11) is 0. The summed E-state index contributed by atoms with van der Waals surface area (Å²) >= 11 is 0. The van der Waals surface area contributed by atoms with Crippen molar-refractivity contribution in [2.45, 2.75) is 26.3 Å². The zero-order valence-corrected chi connectivity index (χ0v) is 12.6. The van der Waals surface area contributed by atoms with Crippen LogP contribution in [-0.2, 0) is 11.3 Å². The van der Waals surface area contributed by atoms with Gasteiger partial charge >= 0.3 is 0 Å². The molecule has 2 atom stereocenters. The van der Waals surface area contributed by atoms with E-state index in [1.807, 2.05) is 17.0 Å². The number of benzene rings is 1. The maximum Gasteiger partial charge on any atom is 0.226 e. The normalized spacial score (nSPS) is 26.5. The van der Waals surface area contributed by atoms with E-state index in [-0.39, 0.29) is 11.7 Å². The van der Waals surface area contributed by atoms with Gasteiger partial charge in [-0.3, -0.25) is 9.69 Å². The molecule has 1 aromatic rings. The number of carbonyl (C=O) groups is 1. The molecule has 1 saturated heterocycles. The topological polar surface area (TPSA) is 23.6 Å². The molecule has 21 heavy (non-hydrogen) atoms. The van der Waals surface area contributed by atoms with Crippen molar-refractivity contribution in [3.05, 3.63) is 35.6 Å². The molecule has 1 heterocycles. The number of halogens is 1. The fraction of sp³-hybridized carbons (Fsp3) is 0.588. The summed E-state index contributed by atoms with van der Waals surface area (Å²) in [6, 6.07) is 6.71. The highest BCUT2D eigenvalue weighted by atomic mass is 19.1. The monoisotopic (exact) mass is 290 g/mol. The van der Waals surface area contributed by atoms with Crippen molar-refractivity contribution in [1.29, 1.82) is 0 Å². The number of hydrogen-bond donors (Lipinski definition) is 0. The molecule has 3 rings (SSSR count). The van der Waals surface area contributed by atoms with Gasteiger partial charge in [-0.05, 0) is 36.5 Å². The Morgan fingerprint density at radius 2 is 1.90 bits per heavy atom. The van der Waals surface area contributed by atoms with Crippen LogP contribution in [0, 0.1) is 17.7 Å². The lowest BCUT2D eigenvalue weighted by Crippen LogP contribution is -2.36. The maximum atomic E-state index is 12.9. The average Bonchev–Trinajstić information content (AvgIpc) is 3.24. The second-order valence-electron chi connectivity index (χ2n) is 6.40. The molecule has 1 aliphatic carbocycles. The SMILES string of the molecule is CC1CC1C(=O)N1CCCN(Cc2ccc(F)cc2)CC1. The molecule has 2 aliphatic rings. The van der Waals surface area contributed by atoms with Crippen molar-refractivity contribution < 1.29 is 9.18 Å². The predicted molar refractivity (Wildman–Crippen MR) is 80.1 cm³/mol. The van der Waals surface area contributed by atoms with Crippen molar-refractivity contribution in [2.24, 2.45) is 11.8 Å². The van der Waals surface area contributed by atoms with Gasteiger partial charge in [0, 0.05) is 38.6 Å². The summed E-state index contributed by atoms with van der Waals surface area (Å²) in [4.78, 5) is 16.7. The van der Waals surface area contributed by atoms with Crippen LogP contribution in [-0.4, -0.2) is 41.9 Å². The second kappa shape index (κ2) is 6.14. The Kier molecular flexibility index (Phi) is 4.24. The van der Waals surface area contributed by atoms with E-state index in [0.717, 1.165) is 51.1 Å². The van der Waals surface area contributed by atoms with Gasteiger partial charge in [-0.25, -0.2) is 4.39 Å². The van der Waals surface area contributed by atoms with Gasteiger partial charge < -0.3 is 4.90 Å². The predicted octanol–water partition coefficient (Wildman–Crippen LogP) is 2.52. The van der Waals surface area contributed by atoms with Crippen molar-refractivity contribution in [1.82, 2.24) is 9.80 Å². The Hall–Kier alpha value is -1.42. The first-order valence-electron chi connectivity index (χ1n) is 7.89. The Morgan fingerprint density at radius 3 is 2.57 bits per heavy atom. The Labute approximate surface area is 125 Å². The van der Waals surface area contributed by atoms with Crippen LogP contribution >= 0.6 is 0 Å². The third-order valence-corrected chi connectivity index (χ3v) is 4.65. The van der Waals surface area contributed by atoms with Crippen LogP contribution in [0.5, 0.6) is 0 Å². The van der Waals surface area contributed by atoms with Crippen LogP contribution < -0.4 is 0 Å². The van der Waals surface area contributed by atoms with E-state index in [4.69, 9.17) is 0 Å². The molecular formula is C17H23FN2O. The molecule has 1 saturated carbocycles. The molecule has 1 aromatic carbocycles. The van der Waals surface area contributed by atoms with Crippen molar-refractivity contribution in [3.8, 4) is 0 Å². The molecule has 114 valence electrons. The quantitative estimate of drug-likeness (QED) is 0.854. The molecule has 0 spiro atoms. The Morgan fingerprint density at radius 1 is 1.19 bits per heavy atom. The number of rotatable bonds is 3. The van der Waals surface area contributed by atoms with E-state index < -0.39 is 0 Å². The minimum atomic E-state index is -0.190. The first-order chi connectivity index (χ1) is 10.1. The van der Waals surface area contributed by atoms with Crippen LogP contribution in [0.3, 0.4) is 0 Å². The van der Waals surface area contributed by atoms with E-state index >= 15 is 0 Å². The first kappa shape index (κ1) is 14.5. The van der Waals surface area contributed by atoms with Gasteiger partial charge in [0.2, 0.25) is 5.91 Å². The van der Waals surface area contributed by atoms with Gasteiger partial charge in [0.15, 0.2) is 0 Å². The van der Waals surface area contributed by atoms with Gasteiger partial charge in [-0.1, -0.05) is 19.1 Å². The van der Waals surface area contributed by atoms with E-state index in [9.17, 15) is 9.18 Å². The fourth-order valence-electron chi connectivity index (χ4n) is 3.10. The number of amides is 1. The molecule has 0 N–H and O–H groups in total. The van der Waals surface area contributed by atoms with Crippen molar-refractivity contribution >= 4 is 5.91 Å². The minimum absolute atomic E-state index is 0.190. The molecule has 1 amide bonds. The fourth-order valence-corrected chi connectivity index (χ4v) is 3.10. The highest BCUT2D eigenvalue weighted by Crippen LogP contribution is 2.39. The summed E-state index contributed by atoms with van der Waals surface area (Å²) < 4.78 is 12.9. The third kappa shape index (κ3) is 3.62. The van der Waals surface area contributed by atoms with E-state index in [1.165, 1.54) is 12.1 Å². The van der Waals surface area contributed by atoms with Crippen LogP contribution in [0.2, 0.25) is 0 Å². The molecule has 1 aliphatic heterocycles. The van der Waals surface area contributed by atoms with Crippen molar-refractivity contribution in [3.63, 3.8) is 0 Å². The van der Waals surface area contributed by atoms with Crippen molar-refractivity contribution in [2.75, 3.05) is 26.2 Å². The highest BCUT2D eigenvalue weighted by Gasteiger charge is 2.41. The minimum Gasteiger partial charge on any atom is -0.341 e. The van der Waals surface area contributed by atoms with Gasteiger partial charge in [-0.2, -0.15) is 0 Å². The van der Waals surface area contributed by atoms with Gasteiger partial charge in [0.25, 0.3) is 0 Å². The summed E-state index contributed by atoms with van der Waals surface area (Å²) in [5, 5.41) is 0. The third-order valence-electron chi connectivity index (χ3n) is 4.65. The lowest BCUT2D eigenvalue weighted by molar-refractivity contribution is -0.132. The number of hydrogen-bond acceptors (Lipinski definition) is 2. The van der Waals surface area contributed by atoms with Gasteiger partial charge in [0.05, 0.1) is 0 Å². The largest absolute Gasteiger partial charge is 0.341 e. The van der Waals surface area contributed by atoms with Crippen LogP contribution in [0.4, 0.5) is 4.39 Å². The first-order valence-corrected chi connectivity index (χ1v) is 7.89. The zero-order valence-electron chi connectivity index (χ0n) is 12.6. The van der Waals surface area contributed by atoms with Gasteiger partial charge in [-0.15, -0.1) is 0 Å². The molecule has 0 bridgehead atoms. The summed E-state index contributed by atoms with van der Waals surface area (Å²) in [6.07, 6.45) is 2.09. The van der Waals surface area contributed by atoms with Crippen LogP contribution in [0.15, 0.2) is 24.3 Å². The number of nitrogens with zero attached hydrogens (tertiary/aromatic N) is 2. The molecule has 2 fully saturated rings. The molecule has 2 unspecified atom stereocenters. The molecule has 0 radical (unpaired) electrons. The van der Waals surface area contributed by atoms with E-state index in [1.54, 1.807) is 0 Å². The highest BCUT2D eigenvalue weighted by molar-refractivity contribution is 5.81. The Bertz CT molecular complexity index is 502. The average molecular weight is 290 g/mol. The molecule has 4 heteroatoms. The summed E-state index contributed by atoms with van der Waals surface area (Å²) in [6.45, 7) is 6.60.